The van der Waals surface area contributed by atoms with E-state index in [4.69, 9.17) is 10.0 Å². The van der Waals surface area contributed by atoms with Gasteiger partial charge in [0, 0.05) is 1.43 Å². The van der Waals surface area contributed by atoms with Crippen LogP contribution in [-0.4, -0.2) is 17.2 Å². The predicted molar refractivity (Wildman–Crippen MR) is 25.3 cm³/mol. The molecule has 0 heterocycles. The molecule has 0 saturated heterocycles. The van der Waals surface area contributed by atoms with Crippen molar-refractivity contribution in [1.82, 2.24) is 0 Å². The monoisotopic (exact) mass is 89.1 g/mol. The van der Waals surface area contributed by atoms with Crippen LogP contribution in [0.5, 0.6) is 0 Å². The second-order valence-corrected chi connectivity index (χ2v) is 1.75. The largest absolute Gasteiger partial charge is 0.454 e. The van der Waals surface area contributed by atoms with Gasteiger partial charge in [-0.05, 0) is 5.82 Å². The van der Waals surface area contributed by atoms with E-state index in [2.05, 4.69) is 0 Å². The van der Waals surface area contributed by atoms with E-state index in [9.17, 15) is 0 Å². The van der Waals surface area contributed by atoms with E-state index in [1.807, 2.05) is 0 Å². The molecule has 1 rings (SSSR count). The third-order valence-corrected chi connectivity index (χ3v) is 1.04. The van der Waals surface area contributed by atoms with Gasteiger partial charge in [0.15, 0.2) is 0 Å². The van der Waals surface area contributed by atoms with Crippen LogP contribution < -0.4 is 0 Å². The van der Waals surface area contributed by atoms with Crippen molar-refractivity contribution < 1.29 is 11.5 Å². The van der Waals surface area contributed by atoms with E-state index in [0.29, 0.717) is 0 Å². The number of hydrogen-bond donors (Lipinski definition) is 2. The van der Waals surface area contributed by atoms with Gasteiger partial charge in [0.2, 0.25) is 0 Å². The molecule has 3 heteroatoms. The second-order valence-electron chi connectivity index (χ2n) is 1.75. The lowest BCUT2D eigenvalue weighted by Crippen LogP contribution is -2.09. The van der Waals surface area contributed by atoms with Crippen molar-refractivity contribution in [3.05, 3.63) is 0 Å². The Balaban J connectivity index is 0.000000360. The molecule has 0 radical (unpaired) electrons. The zero-order valence-electron chi connectivity index (χ0n) is 3.46. The molecule has 6 heavy (non-hydrogen) atoms. The Bertz CT molecular complexity index is 54.9. The second kappa shape index (κ2) is 1.24. The molecule has 0 aromatic carbocycles. The lowest BCUT2D eigenvalue weighted by atomic mass is 9.84. The summed E-state index contributed by atoms with van der Waals surface area (Å²) in [5.74, 6) is 0.213. The van der Waals surface area contributed by atoms with Crippen LogP contribution >= 0.6 is 0 Å². The first-order valence-corrected chi connectivity index (χ1v) is 2.17. The van der Waals surface area contributed by atoms with Gasteiger partial charge in [-0.3, -0.25) is 0 Å². The molecule has 2 nitrogen and oxygen atoms in total. The maximum atomic E-state index is 8.25. The molecule has 0 unspecified atom stereocenters. The highest BCUT2D eigenvalue weighted by molar-refractivity contribution is 6.44. The molecule has 1 saturated carbocycles. The van der Waals surface area contributed by atoms with Crippen LogP contribution in [0.4, 0.5) is 0 Å². The quantitative estimate of drug-likeness (QED) is 0.439. The minimum atomic E-state index is -1.04. The Morgan fingerprint density at radius 1 is 1.50 bits per heavy atom. The van der Waals surface area contributed by atoms with Gasteiger partial charge in [-0.2, -0.15) is 0 Å². The summed E-state index contributed by atoms with van der Waals surface area (Å²) in [7, 11) is -1.04. The molecular weight excluding hydrogens is 78.8 g/mol. The van der Waals surface area contributed by atoms with Crippen molar-refractivity contribution in [1.29, 1.82) is 0 Å². The van der Waals surface area contributed by atoms with Crippen LogP contribution in [-0.2, 0) is 0 Å². The highest BCUT2D eigenvalue weighted by Crippen LogP contribution is 2.36. The fourth-order valence-electron chi connectivity index (χ4n) is 0.394. The van der Waals surface area contributed by atoms with Crippen molar-refractivity contribution in [3.8, 4) is 0 Å². The molecule has 0 aromatic heterocycles. The molecule has 0 bridgehead atoms. The smallest absolute Gasteiger partial charge is 0.427 e. The van der Waals surface area contributed by atoms with E-state index in [0.717, 1.165) is 12.8 Å². The SMILES string of the molecule is OB(O)C1CC1.[2HH]. The Morgan fingerprint density at radius 2 is 2.00 bits per heavy atom. The maximum Gasteiger partial charge on any atom is 0.454 e. The lowest BCUT2D eigenvalue weighted by molar-refractivity contribution is 0.403. The molecule has 2 N–H and O–H groups in total. The summed E-state index contributed by atoms with van der Waals surface area (Å²) in [5.41, 5.74) is 0. The van der Waals surface area contributed by atoms with Gasteiger partial charge in [-0.1, -0.05) is 12.8 Å². The Kier molecular flexibility index (Phi) is 0.859. The molecule has 36 valence electrons. The fraction of sp³-hybridized carbons (Fsp3) is 1.00. The molecule has 0 spiro atoms. The van der Waals surface area contributed by atoms with Gasteiger partial charge in [0.05, 0.1) is 0 Å². The van der Waals surface area contributed by atoms with Gasteiger partial charge in [-0.25, -0.2) is 0 Å². The molecule has 1 fully saturated rings. The van der Waals surface area contributed by atoms with E-state index in [-0.39, 0.29) is 7.24 Å². The summed E-state index contributed by atoms with van der Waals surface area (Å²) in [6.07, 6.45) is 2.00. The van der Waals surface area contributed by atoms with Gasteiger partial charge in [0.25, 0.3) is 0 Å². The highest BCUT2D eigenvalue weighted by Gasteiger charge is 2.33. The molecule has 0 aliphatic heterocycles. The summed E-state index contributed by atoms with van der Waals surface area (Å²) in [6.45, 7) is 0. The molecular formula is C3H9BO2. The summed E-state index contributed by atoms with van der Waals surface area (Å²) in [5, 5.41) is 16.5. The summed E-state index contributed by atoms with van der Waals surface area (Å²) in [6, 6.07) is 0. The molecule has 0 amide bonds. The molecule has 1 aliphatic rings. The van der Waals surface area contributed by atoms with Crippen molar-refractivity contribution in [2.75, 3.05) is 0 Å². The summed E-state index contributed by atoms with van der Waals surface area (Å²) < 4.78 is 0. The fourth-order valence-corrected chi connectivity index (χ4v) is 0.394. The Morgan fingerprint density at radius 3 is 2.00 bits per heavy atom. The average Bonchev–Trinajstić information content (AvgIpc) is 2.06. The maximum absolute atomic E-state index is 8.25. The van der Waals surface area contributed by atoms with E-state index >= 15 is 0 Å². The first-order chi connectivity index (χ1) is 2.80. The van der Waals surface area contributed by atoms with Crippen LogP contribution in [0, 0.1) is 0 Å². The Labute approximate surface area is 38.4 Å². The Hall–Kier alpha value is -0.0151. The van der Waals surface area contributed by atoms with Crippen LogP contribution in [0.3, 0.4) is 0 Å². The van der Waals surface area contributed by atoms with Crippen LogP contribution in [0.2, 0.25) is 5.82 Å². The third-order valence-electron chi connectivity index (χ3n) is 1.04. The minimum absolute atomic E-state index is 0. The van der Waals surface area contributed by atoms with Crippen molar-refractivity contribution in [2.24, 2.45) is 0 Å². The van der Waals surface area contributed by atoms with E-state index < -0.39 is 7.12 Å². The third kappa shape index (κ3) is 0.728. The average molecular weight is 88.9 g/mol. The zero-order chi connectivity index (χ0) is 4.57. The van der Waals surface area contributed by atoms with Gasteiger partial charge < -0.3 is 10.0 Å². The van der Waals surface area contributed by atoms with Gasteiger partial charge in [-0.15, -0.1) is 0 Å². The summed E-state index contributed by atoms with van der Waals surface area (Å²) >= 11 is 0. The normalized spacial score (nSPS) is 21.0. The van der Waals surface area contributed by atoms with Crippen molar-refractivity contribution in [3.63, 3.8) is 0 Å². The highest BCUT2D eigenvalue weighted by atomic mass is 16.4. The van der Waals surface area contributed by atoms with Crippen molar-refractivity contribution >= 4 is 7.12 Å². The number of rotatable bonds is 1. The predicted octanol–water partition coefficient (Wildman–Crippen LogP) is -0.131. The van der Waals surface area contributed by atoms with Crippen LogP contribution in [0.1, 0.15) is 14.3 Å². The standard InChI is InChI=1S/C3H7BO2.H2/c5-4(6)3-1-2-3;/h3,5-6H,1-2H2;1H/i;1+1. The first kappa shape index (κ1) is 4.15. The van der Waals surface area contributed by atoms with Gasteiger partial charge in [0.1, 0.15) is 0 Å². The topological polar surface area (TPSA) is 40.5 Å². The van der Waals surface area contributed by atoms with Crippen molar-refractivity contribution in [2.45, 2.75) is 18.7 Å². The summed E-state index contributed by atoms with van der Waals surface area (Å²) in [4.78, 5) is 0. The molecule has 0 atom stereocenters. The molecule has 1 aliphatic carbocycles. The van der Waals surface area contributed by atoms with Gasteiger partial charge >= 0.3 is 7.12 Å². The first-order valence-electron chi connectivity index (χ1n) is 2.17. The lowest BCUT2D eigenvalue weighted by Gasteiger charge is -1.84. The van der Waals surface area contributed by atoms with Crippen LogP contribution in [0.25, 0.3) is 0 Å². The minimum Gasteiger partial charge on any atom is -0.427 e. The van der Waals surface area contributed by atoms with Crippen LogP contribution in [0.15, 0.2) is 0 Å². The number of hydrogen-bond acceptors (Lipinski definition) is 2. The molecule has 0 aromatic rings. The van der Waals surface area contributed by atoms with E-state index in [1.54, 1.807) is 0 Å². The zero-order valence-corrected chi connectivity index (χ0v) is 3.46. The van der Waals surface area contributed by atoms with E-state index in [1.165, 1.54) is 0 Å².